The van der Waals surface area contributed by atoms with Crippen molar-refractivity contribution in [2.24, 2.45) is 11.8 Å². The molecule has 0 spiro atoms. The van der Waals surface area contributed by atoms with Gasteiger partial charge in [-0.25, -0.2) is 0 Å². The van der Waals surface area contributed by atoms with Crippen molar-refractivity contribution in [3.63, 3.8) is 0 Å². The maximum absolute atomic E-state index is 11.7. The Labute approximate surface area is 129 Å². The van der Waals surface area contributed by atoms with E-state index in [1.807, 2.05) is 27.7 Å². The van der Waals surface area contributed by atoms with Crippen LogP contribution in [0, 0.1) is 18.3 Å². The maximum Gasteiger partial charge on any atom is 0.308 e. The zero-order chi connectivity index (χ0) is 16.3. The minimum Gasteiger partial charge on any atom is -0.465 e. The number of unbranched alkanes of at least 4 members (excludes halogenated alkanes) is 2. The van der Waals surface area contributed by atoms with Gasteiger partial charge in [-0.3, -0.25) is 9.59 Å². The third-order valence-electron chi connectivity index (χ3n) is 3.22. The Hall–Kier alpha value is -1.06. The zero-order valence-corrected chi connectivity index (χ0v) is 14.2. The van der Waals surface area contributed by atoms with Gasteiger partial charge in [0.15, 0.2) is 0 Å². The zero-order valence-electron chi connectivity index (χ0n) is 14.2. The summed E-state index contributed by atoms with van der Waals surface area (Å²) < 4.78 is 10.3. The minimum atomic E-state index is -0.148. The van der Waals surface area contributed by atoms with Crippen LogP contribution in [0.5, 0.6) is 0 Å². The van der Waals surface area contributed by atoms with Gasteiger partial charge in [-0.15, -0.1) is 0 Å². The van der Waals surface area contributed by atoms with Gasteiger partial charge in [0.05, 0.1) is 24.5 Å². The third-order valence-corrected chi connectivity index (χ3v) is 3.22. The van der Waals surface area contributed by atoms with Crippen LogP contribution in [0.25, 0.3) is 0 Å². The molecule has 2 atom stereocenters. The van der Waals surface area contributed by atoms with E-state index < -0.39 is 0 Å². The van der Waals surface area contributed by atoms with Gasteiger partial charge in [0.2, 0.25) is 0 Å². The topological polar surface area (TPSA) is 52.6 Å². The minimum absolute atomic E-state index is 0.0677. The first-order valence-corrected chi connectivity index (χ1v) is 8.07. The fourth-order valence-electron chi connectivity index (χ4n) is 1.76. The van der Waals surface area contributed by atoms with Crippen LogP contribution in [-0.2, 0) is 19.1 Å². The van der Waals surface area contributed by atoms with E-state index in [-0.39, 0.29) is 29.9 Å². The van der Waals surface area contributed by atoms with Crippen molar-refractivity contribution < 1.29 is 19.1 Å². The number of hydrogen-bond acceptors (Lipinski definition) is 4. The molecule has 0 saturated carbocycles. The number of ether oxygens (including phenoxy) is 2. The lowest BCUT2D eigenvalue weighted by molar-refractivity contribution is -0.152. The molecule has 0 aromatic carbocycles. The summed E-state index contributed by atoms with van der Waals surface area (Å²) in [6.07, 6.45) is 6.18. The van der Waals surface area contributed by atoms with Crippen LogP contribution in [0.15, 0.2) is 0 Å². The molecule has 0 aliphatic heterocycles. The summed E-state index contributed by atoms with van der Waals surface area (Å²) in [6, 6.07) is 0. The summed E-state index contributed by atoms with van der Waals surface area (Å²) in [5, 5.41) is 0. The monoisotopic (exact) mass is 299 g/mol. The van der Waals surface area contributed by atoms with E-state index in [4.69, 9.17) is 9.47 Å². The molecule has 2 unspecified atom stereocenters. The molecular weight excluding hydrogens is 268 g/mol. The van der Waals surface area contributed by atoms with Gasteiger partial charge >= 0.3 is 11.9 Å². The highest BCUT2D eigenvalue weighted by atomic mass is 16.5. The van der Waals surface area contributed by atoms with E-state index in [1.165, 1.54) is 0 Å². The maximum atomic E-state index is 11.7. The molecule has 123 valence electrons. The van der Waals surface area contributed by atoms with Crippen LogP contribution in [0.3, 0.4) is 0 Å². The number of esters is 2. The third kappa shape index (κ3) is 10.3. The molecule has 1 radical (unpaired) electrons. The molecule has 0 aliphatic carbocycles. The van der Waals surface area contributed by atoms with E-state index in [1.54, 1.807) is 0 Å². The summed E-state index contributed by atoms with van der Waals surface area (Å²) in [5.41, 5.74) is 0. The molecule has 21 heavy (non-hydrogen) atoms. The van der Waals surface area contributed by atoms with Crippen LogP contribution >= 0.6 is 0 Å². The predicted molar refractivity (Wildman–Crippen MR) is 83.6 cm³/mol. The number of hydrogen-bond donors (Lipinski definition) is 0. The lowest BCUT2D eigenvalue weighted by Gasteiger charge is -2.14. The average Bonchev–Trinajstić information content (AvgIpc) is 2.42. The molecular formula is C17H31O4. The molecule has 0 aromatic heterocycles. The Balaban J connectivity index is 3.73. The second-order valence-electron chi connectivity index (χ2n) is 5.91. The van der Waals surface area contributed by atoms with Crippen LogP contribution in [0.4, 0.5) is 0 Å². The van der Waals surface area contributed by atoms with Gasteiger partial charge in [-0.2, -0.15) is 0 Å². The summed E-state index contributed by atoms with van der Waals surface area (Å²) >= 11 is 0. The van der Waals surface area contributed by atoms with Crippen LogP contribution in [0.2, 0.25) is 0 Å². The largest absolute Gasteiger partial charge is 0.465 e. The summed E-state index contributed by atoms with van der Waals surface area (Å²) in [6.45, 7) is 10.0. The fraction of sp³-hybridized carbons (Fsp3) is 0.824. The normalized spacial score (nSPS) is 13.8. The molecule has 0 fully saturated rings. The Kier molecular flexibility index (Phi) is 11.0. The van der Waals surface area contributed by atoms with Crippen molar-refractivity contribution in [1.29, 1.82) is 0 Å². The van der Waals surface area contributed by atoms with E-state index in [0.29, 0.717) is 13.0 Å². The second kappa shape index (κ2) is 11.6. The first-order valence-electron chi connectivity index (χ1n) is 8.07. The van der Waals surface area contributed by atoms with Crippen molar-refractivity contribution >= 4 is 11.9 Å². The number of carbonyl (C=O) groups excluding carboxylic acids is 2. The fourth-order valence-corrected chi connectivity index (χ4v) is 1.76. The smallest absolute Gasteiger partial charge is 0.308 e. The highest BCUT2D eigenvalue weighted by Crippen LogP contribution is 2.15. The SMILES string of the molecule is CCCCOC(=O)C(C)C[CH]CCC(C)C(=O)OC(C)C. The van der Waals surface area contributed by atoms with Gasteiger partial charge in [0.25, 0.3) is 0 Å². The molecule has 4 nitrogen and oxygen atoms in total. The molecule has 0 rings (SSSR count). The van der Waals surface area contributed by atoms with Crippen LogP contribution in [0.1, 0.15) is 66.7 Å². The van der Waals surface area contributed by atoms with Crippen LogP contribution < -0.4 is 0 Å². The molecule has 0 aromatic rings. The van der Waals surface area contributed by atoms with Crippen molar-refractivity contribution in [1.82, 2.24) is 0 Å². The average molecular weight is 299 g/mol. The Morgan fingerprint density at radius 1 is 1.05 bits per heavy atom. The van der Waals surface area contributed by atoms with Gasteiger partial charge in [-0.05, 0) is 46.0 Å². The standard InChI is InChI=1S/C17H31O4/c1-6-7-12-20-16(18)14(4)10-8-9-11-15(5)17(19)21-13(2)3/h8,13-15H,6-7,9-12H2,1-5H3. The first-order chi connectivity index (χ1) is 9.88. The van der Waals surface area contributed by atoms with Crippen molar-refractivity contribution in [3.8, 4) is 0 Å². The number of rotatable bonds is 11. The molecule has 0 N–H and O–H groups in total. The Morgan fingerprint density at radius 3 is 2.29 bits per heavy atom. The lowest BCUT2D eigenvalue weighted by atomic mass is 9.99. The summed E-state index contributed by atoms with van der Waals surface area (Å²) in [4.78, 5) is 23.3. The first kappa shape index (κ1) is 19.9. The highest BCUT2D eigenvalue weighted by molar-refractivity contribution is 5.72. The highest BCUT2D eigenvalue weighted by Gasteiger charge is 2.17. The Morgan fingerprint density at radius 2 is 1.71 bits per heavy atom. The van der Waals surface area contributed by atoms with E-state index >= 15 is 0 Å². The molecule has 0 saturated heterocycles. The van der Waals surface area contributed by atoms with E-state index in [2.05, 4.69) is 13.3 Å². The molecule has 0 heterocycles. The van der Waals surface area contributed by atoms with Crippen molar-refractivity contribution in [2.75, 3.05) is 6.61 Å². The van der Waals surface area contributed by atoms with Gasteiger partial charge in [0.1, 0.15) is 0 Å². The van der Waals surface area contributed by atoms with Gasteiger partial charge in [-0.1, -0.05) is 27.2 Å². The Bertz CT molecular complexity index is 299. The van der Waals surface area contributed by atoms with Crippen molar-refractivity contribution in [2.45, 2.75) is 72.8 Å². The summed E-state index contributed by atoms with van der Waals surface area (Å²) in [5.74, 6) is -0.493. The molecule has 4 heteroatoms. The summed E-state index contributed by atoms with van der Waals surface area (Å²) in [7, 11) is 0. The molecule has 0 aliphatic rings. The van der Waals surface area contributed by atoms with Crippen molar-refractivity contribution in [3.05, 3.63) is 6.42 Å². The molecule has 0 bridgehead atoms. The van der Waals surface area contributed by atoms with Crippen LogP contribution in [-0.4, -0.2) is 24.6 Å². The lowest BCUT2D eigenvalue weighted by Crippen LogP contribution is -2.19. The molecule has 0 amide bonds. The van der Waals surface area contributed by atoms with Gasteiger partial charge in [0, 0.05) is 0 Å². The van der Waals surface area contributed by atoms with Gasteiger partial charge < -0.3 is 9.47 Å². The predicted octanol–water partition coefficient (Wildman–Crippen LogP) is 3.93. The number of carbonyl (C=O) groups is 2. The second-order valence-corrected chi connectivity index (χ2v) is 5.91. The van der Waals surface area contributed by atoms with E-state index in [0.717, 1.165) is 25.7 Å². The quantitative estimate of drug-likeness (QED) is 0.428. The van der Waals surface area contributed by atoms with E-state index in [9.17, 15) is 9.59 Å².